The number of hydrogen-bond acceptors (Lipinski definition) is 4. The lowest BCUT2D eigenvalue weighted by Gasteiger charge is -2.32. The topological polar surface area (TPSA) is 66.9 Å². The monoisotopic (exact) mass is 408 g/mol. The molecule has 0 bridgehead atoms. The van der Waals surface area contributed by atoms with Crippen LogP contribution in [0.15, 0.2) is 22.7 Å². The maximum absolute atomic E-state index is 12.8. The van der Waals surface area contributed by atoms with E-state index in [1.807, 2.05) is 26.8 Å². The van der Waals surface area contributed by atoms with Gasteiger partial charge in [0.05, 0.1) is 12.5 Å². The first-order valence-corrected chi connectivity index (χ1v) is 9.08. The SMILES string of the molecule is CC(C)(C)OC(=O)N1CCC(N2C(=O)Cc3ccc(Br)cc3C2=O)C1. The lowest BCUT2D eigenvalue weighted by atomic mass is 9.97. The first-order chi connectivity index (χ1) is 11.7. The van der Waals surface area contributed by atoms with Crippen LogP contribution < -0.4 is 0 Å². The molecule has 6 nitrogen and oxygen atoms in total. The van der Waals surface area contributed by atoms with Gasteiger partial charge in [0.15, 0.2) is 0 Å². The number of imide groups is 1. The average molecular weight is 409 g/mol. The first-order valence-electron chi connectivity index (χ1n) is 8.28. The summed E-state index contributed by atoms with van der Waals surface area (Å²) in [7, 11) is 0. The van der Waals surface area contributed by atoms with Gasteiger partial charge in [0, 0.05) is 23.1 Å². The third-order valence-corrected chi connectivity index (χ3v) is 4.80. The summed E-state index contributed by atoms with van der Waals surface area (Å²) in [6, 6.07) is 5.07. The van der Waals surface area contributed by atoms with Crippen molar-refractivity contribution in [2.75, 3.05) is 13.1 Å². The molecule has 25 heavy (non-hydrogen) atoms. The maximum Gasteiger partial charge on any atom is 0.410 e. The van der Waals surface area contributed by atoms with Crippen LogP contribution in [0.2, 0.25) is 0 Å². The summed E-state index contributed by atoms with van der Waals surface area (Å²) in [5.74, 6) is -0.501. The number of amides is 3. The molecule has 0 spiro atoms. The molecule has 3 rings (SSSR count). The second kappa shape index (κ2) is 6.44. The molecule has 0 aliphatic carbocycles. The predicted molar refractivity (Wildman–Crippen MR) is 95.2 cm³/mol. The molecule has 1 aromatic carbocycles. The summed E-state index contributed by atoms with van der Waals surface area (Å²) in [6.45, 7) is 6.22. The zero-order chi connectivity index (χ0) is 18.4. The van der Waals surface area contributed by atoms with E-state index in [0.29, 0.717) is 25.1 Å². The molecule has 0 radical (unpaired) electrons. The molecule has 0 N–H and O–H groups in total. The largest absolute Gasteiger partial charge is 0.444 e. The van der Waals surface area contributed by atoms with E-state index in [0.717, 1.165) is 10.0 Å². The van der Waals surface area contributed by atoms with Crippen molar-refractivity contribution in [3.63, 3.8) is 0 Å². The van der Waals surface area contributed by atoms with Gasteiger partial charge in [-0.05, 0) is 44.9 Å². The van der Waals surface area contributed by atoms with Crippen molar-refractivity contribution in [2.24, 2.45) is 0 Å². The van der Waals surface area contributed by atoms with Gasteiger partial charge in [-0.1, -0.05) is 22.0 Å². The quantitative estimate of drug-likeness (QED) is 0.669. The Labute approximate surface area is 155 Å². The van der Waals surface area contributed by atoms with Crippen LogP contribution >= 0.6 is 15.9 Å². The maximum atomic E-state index is 12.8. The van der Waals surface area contributed by atoms with Gasteiger partial charge in [0.2, 0.25) is 5.91 Å². The molecule has 2 aliphatic heterocycles. The normalized spacial score (nSPS) is 20.7. The molecule has 1 aromatic rings. The number of hydrogen-bond donors (Lipinski definition) is 0. The van der Waals surface area contributed by atoms with Crippen LogP contribution in [0.3, 0.4) is 0 Å². The highest BCUT2D eigenvalue weighted by atomic mass is 79.9. The fourth-order valence-corrected chi connectivity index (χ4v) is 3.57. The van der Waals surface area contributed by atoms with Crippen molar-refractivity contribution in [3.05, 3.63) is 33.8 Å². The number of fused-ring (bicyclic) bond motifs is 1. The molecule has 2 aliphatic rings. The molecule has 1 saturated heterocycles. The number of benzene rings is 1. The smallest absolute Gasteiger partial charge is 0.410 e. The highest BCUT2D eigenvalue weighted by molar-refractivity contribution is 9.10. The molecule has 7 heteroatoms. The molecule has 0 aromatic heterocycles. The number of carbonyl (C=O) groups excluding carboxylic acids is 3. The van der Waals surface area contributed by atoms with Crippen LogP contribution in [0.4, 0.5) is 4.79 Å². The fourth-order valence-electron chi connectivity index (χ4n) is 3.21. The summed E-state index contributed by atoms with van der Waals surface area (Å²) in [5, 5.41) is 0. The minimum atomic E-state index is -0.572. The van der Waals surface area contributed by atoms with Crippen molar-refractivity contribution >= 4 is 33.8 Å². The van der Waals surface area contributed by atoms with E-state index in [1.165, 1.54) is 4.90 Å². The molecule has 0 saturated carbocycles. The molecular weight excluding hydrogens is 388 g/mol. The van der Waals surface area contributed by atoms with Gasteiger partial charge in [-0.25, -0.2) is 4.79 Å². The Morgan fingerprint density at radius 2 is 2.00 bits per heavy atom. The summed E-state index contributed by atoms with van der Waals surface area (Å²) in [6.07, 6.45) is 0.368. The average Bonchev–Trinajstić information content (AvgIpc) is 2.96. The van der Waals surface area contributed by atoms with Crippen LogP contribution in [0.25, 0.3) is 0 Å². The van der Waals surface area contributed by atoms with Crippen LogP contribution in [0.1, 0.15) is 43.1 Å². The lowest BCUT2D eigenvalue weighted by molar-refractivity contribution is -0.130. The van der Waals surface area contributed by atoms with Gasteiger partial charge >= 0.3 is 6.09 Å². The van der Waals surface area contributed by atoms with Gasteiger partial charge in [-0.15, -0.1) is 0 Å². The van der Waals surface area contributed by atoms with Crippen LogP contribution in [0.5, 0.6) is 0 Å². The van der Waals surface area contributed by atoms with E-state index in [2.05, 4.69) is 15.9 Å². The predicted octanol–water partition coefficient (Wildman–Crippen LogP) is 2.98. The summed E-state index contributed by atoms with van der Waals surface area (Å²) < 4.78 is 6.18. The zero-order valence-corrected chi connectivity index (χ0v) is 16.1. The zero-order valence-electron chi connectivity index (χ0n) is 14.5. The number of carbonyl (C=O) groups is 3. The van der Waals surface area contributed by atoms with Gasteiger partial charge in [0.25, 0.3) is 5.91 Å². The Hall–Kier alpha value is -1.89. The third kappa shape index (κ3) is 3.71. The van der Waals surface area contributed by atoms with Crippen molar-refractivity contribution in [1.82, 2.24) is 9.80 Å². The minimum absolute atomic E-state index is 0.206. The molecule has 1 atom stereocenters. The van der Waals surface area contributed by atoms with E-state index >= 15 is 0 Å². The van der Waals surface area contributed by atoms with Crippen LogP contribution in [-0.2, 0) is 16.0 Å². The highest BCUT2D eigenvalue weighted by Gasteiger charge is 2.40. The first kappa shape index (κ1) is 17.9. The third-order valence-electron chi connectivity index (χ3n) is 4.31. The number of likely N-dealkylation sites (tertiary alicyclic amines) is 1. The second-order valence-corrected chi connectivity index (χ2v) is 8.33. The Balaban J connectivity index is 1.76. The molecular formula is C18H21BrN2O4. The van der Waals surface area contributed by atoms with Crippen molar-refractivity contribution < 1.29 is 19.1 Å². The van der Waals surface area contributed by atoms with E-state index in [-0.39, 0.29) is 24.3 Å². The van der Waals surface area contributed by atoms with Crippen LogP contribution in [-0.4, -0.2) is 52.4 Å². The lowest BCUT2D eigenvalue weighted by Crippen LogP contribution is -2.50. The second-order valence-electron chi connectivity index (χ2n) is 7.42. The number of rotatable bonds is 1. The van der Waals surface area contributed by atoms with Crippen LogP contribution in [0, 0.1) is 0 Å². The Morgan fingerprint density at radius 1 is 1.28 bits per heavy atom. The van der Waals surface area contributed by atoms with Gasteiger partial charge in [0.1, 0.15) is 5.60 Å². The summed E-state index contributed by atoms with van der Waals surface area (Å²) >= 11 is 3.37. The molecule has 134 valence electrons. The van der Waals surface area contributed by atoms with Gasteiger partial charge in [-0.3, -0.25) is 14.5 Å². The number of nitrogens with zero attached hydrogens (tertiary/aromatic N) is 2. The molecule has 2 heterocycles. The Kier molecular flexibility index (Phi) is 4.62. The van der Waals surface area contributed by atoms with E-state index in [1.54, 1.807) is 17.0 Å². The number of ether oxygens (including phenoxy) is 1. The summed E-state index contributed by atoms with van der Waals surface area (Å²) in [4.78, 5) is 40.4. The fraction of sp³-hybridized carbons (Fsp3) is 0.500. The van der Waals surface area contributed by atoms with Crippen molar-refractivity contribution in [3.8, 4) is 0 Å². The highest BCUT2D eigenvalue weighted by Crippen LogP contribution is 2.28. The molecule has 3 amide bonds. The Bertz CT molecular complexity index is 741. The van der Waals surface area contributed by atoms with E-state index < -0.39 is 11.7 Å². The van der Waals surface area contributed by atoms with E-state index in [9.17, 15) is 14.4 Å². The summed E-state index contributed by atoms with van der Waals surface area (Å²) in [5.41, 5.74) is 0.720. The number of halogens is 1. The standard InChI is InChI=1S/C18H21BrN2O4/c1-18(2,3)25-17(24)20-7-6-13(10-20)21-15(22)8-11-4-5-12(19)9-14(11)16(21)23/h4-5,9,13H,6-8,10H2,1-3H3. The van der Waals surface area contributed by atoms with E-state index in [4.69, 9.17) is 4.74 Å². The van der Waals surface area contributed by atoms with Crippen molar-refractivity contribution in [2.45, 2.75) is 45.3 Å². The van der Waals surface area contributed by atoms with Crippen molar-refractivity contribution in [1.29, 1.82) is 0 Å². The molecule has 1 fully saturated rings. The molecule has 1 unspecified atom stereocenters. The minimum Gasteiger partial charge on any atom is -0.444 e. The van der Waals surface area contributed by atoms with Gasteiger partial charge < -0.3 is 9.64 Å². The van der Waals surface area contributed by atoms with Gasteiger partial charge in [-0.2, -0.15) is 0 Å². The Morgan fingerprint density at radius 3 is 2.68 bits per heavy atom.